The van der Waals surface area contributed by atoms with Crippen molar-refractivity contribution >= 4 is 17.2 Å². The zero-order valence-corrected chi connectivity index (χ0v) is 16.1. The van der Waals surface area contributed by atoms with Gasteiger partial charge in [-0.2, -0.15) is 13.2 Å². The van der Waals surface area contributed by atoms with Gasteiger partial charge in [0.25, 0.3) is 5.91 Å². The first-order chi connectivity index (χ1) is 12.8. The quantitative estimate of drug-likeness (QED) is 0.831. The number of hydrogen-bond donors (Lipinski definition) is 1. The molecule has 2 aromatic rings. The van der Waals surface area contributed by atoms with Gasteiger partial charge >= 0.3 is 6.18 Å². The van der Waals surface area contributed by atoms with Crippen LogP contribution in [0.1, 0.15) is 45.9 Å². The molecule has 27 heavy (non-hydrogen) atoms. The van der Waals surface area contributed by atoms with E-state index in [0.717, 1.165) is 36.0 Å². The highest BCUT2D eigenvalue weighted by Gasteiger charge is 2.37. The Morgan fingerprint density at radius 1 is 1.41 bits per heavy atom. The fourth-order valence-corrected chi connectivity index (χ4v) is 4.17. The molecular formula is C19H22F3N3OS. The van der Waals surface area contributed by atoms with Crippen LogP contribution in [-0.4, -0.2) is 34.6 Å². The third-order valence-electron chi connectivity index (χ3n) is 4.79. The van der Waals surface area contributed by atoms with Gasteiger partial charge in [0, 0.05) is 36.1 Å². The summed E-state index contributed by atoms with van der Waals surface area (Å²) in [5, 5.41) is 3.72. The van der Waals surface area contributed by atoms with Crippen molar-refractivity contribution in [3.8, 4) is 0 Å². The first kappa shape index (κ1) is 19.8. The largest absolute Gasteiger partial charge is 0.408 e. The van der Waals surface area contributed by atoms with Crippen molar-refractivity contribution in [2.45, 2.75) is 52.0 Å². The molecule has 0 unspecified atom stereocenters. The Hall–Kier alpha value is -1.93. The highest BCUT2D eigenvalue weighted by Crippen LogP contribution is 2.30. The normalized spacial score (nSPS) is 16.0. The molecule has 0 bridgehead atoms. The predicted molar refractivity (Wildman–Crippen MR) is 98.7 cm³/mol. The van der Waals surface area contributed by atoms with Crippen molar-refractivity contribution in [2.75, 3.05) is 6.54 Å². The number of fused-ring (bicyclic) bond motifs is 1. The molecule has 0 saturated heterocycles. The number of alkyl halides is 3. The van der Waals surface area contributed by atoms with Gasteiger partial charge in [-0.15, -0.1) is 11.3 Å². The van der Waals surface area contributed by atoms with Crippen LogP contribution in [0.2, 0.25) is 0 Å². The number of thiophene rings is 1. The van der Waals surface area contributed by atoms with Crippen LogP contribution in [-0.2, 0) is 25.9 Å². The van der Waals surface area contributed by atoms with Gasteiger partial charge in [0.2, 0.25) is 0 Å². The minimum atomic E-state index is -4.44. The predicted octanol–water partition coefficient (Wildman–Crippen LogP) is 3.94. The maximum atomic E-state index is 12.7. The molecule has 0 fully saturated rings. The Labute approximate surface area is 160 Å². The van der Waals surface area contributed by atoms with Crippen molar-refractivity contribution < 1.29 is 18.0 Å². The zero-order valence-electron chi connectivity index (χ0n) is 15.3. The van der Waals surface area contributed by atoms with E-state index in [-0.39, 0.29) is 0 Å². The number of amides is 1. The molecule has 0 radical (unpaired) electrons. The molecule has 0 aromatic carbocycles. The Morgan fingerprint density at radius 3 is 2.81 bits per heavy atom. The third kappa shape index (κ3) is 4.68. The van der Waals surface area contributed by atoms with Crippen molar-refractivity contribution in [3.05, 3.63) is 51.0 Å². The van der Waals surface area contributed by atoms with Gasteiger partial charge in [-0.05, 0) is 37.0 Å². The van der Waals surface area contributed by atoms with E-state index >= 15 is 0 Å². The molecule has 1 atom stereocenters. The summed E-state index contributed by atoms with van der Waals surface area (Å²) in [5.74, 6) is -0.650. The number of nitrogens with zero attached hydrogens (tertiary/aromatic N) is 2. The van der Waals surface area contributed by atoms with Crippen molar-refractivity contribution in [1.82, 2.24) is 15.2 Å². The van der Waals surface area contributed by atoms with Gasteiger partial charge < -0.3 is 5.32 Å². The lowest BCUT2D eigenvalue weighted by Crippen LogP contribution is -2.43. The summed E-state index contributed by atoms with van der Waals surface area (Å²) in [4.78, 5) is 20.0. The Kier molecular flexibility index (Phi) is 5.86. The number of aryl methyl sites for hydroxylation is 1. The molecule has 2 aromatic heterocycles. The van der Waals surface area contributed by atoms with E-state index < -0.39 is 18.1 Å². The summed E-state index contributed by atoms with van der Waals surface area (Å²) in [6, 6.07) is 2.24. The second-order valence-electron chi connectivity index (χ2n) is 6.76. The van der Waals surface area contributed by atoms with Crippen LogP contribution in [0.15, 0.2) is 23.7 Å². The summed E-state index contributed by atoms with van der Waals surface area (Å²) >= 11 is 1.43. The first-order valence-electron chi connectivity index (χ1n) is 8.91. The summed E-state index contributed by atoms with van der Waals surface area (Å²) in [6.45, 7) is 5.18. The zero-order chi connectivity index (χ0) is 19.6. The van der Waals surface area contributed by atoms with Crippen LogP contribution in [0.25, 0.3) is 0 Å². The third-order valence-corrected chi connectivity index (χ3v) is 5.80. The number of hydrogen-bond acceptors (Lipinski definition) is 4. The second kappa shape index (κ2) is 7.98. The summed E-state index contributed by atoms with van der Waals surface area (Å²) in [6.07, 6.45) is -0.953. The minimum absolute atomic E-state index is 0.371. The smallest absolute Gasteiger partial charge is 0.341 e. The highest BCUT2D eigenvalue weighted by atomic mass is 32.1. The number of carbonyl (C=O) groups is 1. The number of carbonyl (C=O) groups excluding carboxylic acids is 1. The van der Waals surface area contributed by atoms with Crippen LogP contribution >= 0.6 is 11.3 Å². The highest BCUT2D eigenvalue weighted by molar-refractivity contribution is 7.10. The lowest BCUT2D eigenvalue weighted by molar-refractivity contribution is -0.149. The van der Waals surface area contributed by atoms with E-state index in [1.807, 2.05) is 12.3 Å². The maximum Gasteiger partial charge on any atom is 0.408 e. The molecule has 3 heterocycles. The molecule has 0 aliphatic carbocycles. The van der Waals surface area contributed by atoms with E-state index in [0.29, 0.717) is 25.1 Å². The molecule has 0 saturated carbocycles. The number of rotatable bonds is 5. The molecule has 0 spiro atoms. The summed E-state index contributed by atoms with van der Waals surface area (Å²) in [5.41, 5.74) is 3.43. The monoisotopic (exact) mass is 397 g/mol. The second-order valence-corrected chi connectivity index (χ2v) is 7.72. The lowest BCUT2D eigenvalue weighted by Gasteiger charge is -2.27. The van der Waals surface area contributed by atoms with E-state index in [9.17, 15) is 18.0 Å². The fraction of sp³-hybridized carbons (Fsp3) is 0.474. The van der Waals surface area contributed by atoms with E-state index in [4.69, 9.17) is 0 Å². The van der Waals surface area contributed by atoms with Crippen molar-refractivity contribution in [1.29, 1.82) is 0 Å². The number of pyridine rings is 1. The van der Waals surface area contributed by atoms with Crippen LogP contribution < -0.4 is 5.32 Å². The van der Waals surface area contributed by atoms with Crippen LogP contribution in [0, 0.1) is 0 Å². The average Bonchev–Trinajstić information content (AvgIpc) is 3.05. The SMILES string of the molecule is CCc1ccc(CN2CCc3c(C(=O)N[C@@H](C)C(F)(F)F)csc3C2)nc1. The Balaban J connectivity index is 1.65. The average molecular weight is 397 g/mol. The van der Waals surface area contributed by atoms with Crippen molar-refractivity contribution in [2.24, 2.45) is 0 Å². The lowest BCUT2D eigenvalue weighted by atomic mass is 10.0. The van der Waals surface area contributed by atoms with Crippen LogP contribution in [0.3, 0.4) is 0 Å². The first-order valence-corrected chi connectivity index (χ1v) is 9.79. The molecule has 3 rings (SSSR count). The van der Waals surface area contributed by atoms with E-state index in [2.05, 4.69) is 28.2 Å². The van der Waals surface area contributed by atoms with E-state index in [1.165, 1.54) is 16.9 Å². The number of halogens is 3. The molecule has 1 N–H and O–H groups in total. The van der Waals surface area contributed by atoms with Gasteiger partial charge in [-0.1, -0.05) is 13.0 Å². The van der Waals surface area contributed by atoms with Crippen molar-refractivity contribution in [3.63, 3.8) is 0 Å². The van der Waals surface area contributed by atoms with Crippen LogP contribution in [0.4, 0.5) is 13.2 Å². The standard InChI is InChI=1S/C19H22F3N3OS/c1-3-13-4-5-14(23-8-13)9-25-7-6-15-16(11-27-17(15)10-25)18(26)24-12(2)19(20,21)22/h4-5,8,11-12H,3,6-7,9-10H2,1-2H3,(H,24,26)/t12-/m0/s1. The molecule has 146 valence electrons. The van der Waals surface area contributed by atoms with Gasteiger partial charge in [-0.25, -0.2) is 0 Å². The van der Waals surface area contributed by atoms with E-state index in [1.54, 1.807) is 5.38 Å². The molecule has 1 amide bonds. The number of nitrogens with one attached hydrogen (secondary N) is 1. The van der Waals surface area contributed by atoms with Gasteiger partial charge in [0.1, 0.15) is 6.04 Å². The fourth-order valence-electron chi connectivity index (χ4n) is 3.05. The molecule has 1 aliphatic rings. The summed E-state index contributed by atoms with van der Waals surface area (Å²) < 4.78 is 38.0. The topological polar surface area (TPSA) is 45.2 Å². The number of aromatic nitrogens is 1. The molecule has 8 heteroatoms. The Bertz CT molecular complexity index is 802. The van der Waals surface area contributed by atoms with Gasteiger partial charge in [0.15, 0.2) is 0 Å². The Morgan fingerprint density at radius 2 is 2.19 bits per heavy atom. The van der Waals surface area contributed by atoms with Crippen LogP contribution in [0.5, 0.6) is 0 Å². The molecular weight excluding hydrogens is 375 g/mol. The summed E-state index contributed by atoms with van der Waals surface area (Å²) in [7, 11) is 0. The van der Waals surface area contributed by atoms with Gasteiger partial charge in [0.05, 0.1) is 11.3 Å². The van der Waals surface area contributed by atoms with Gasteiger partial charge in [-0.3, -0.25) is 14.7 Å². The molecule has 4 nitrogen and oxygen atoms in total. The maximum absolute atomic E-state index is 12.7. The molecule has 1 aliphatic heterocycles. The minimum Gasteiger partial charge on any atom is -0.341 e.